The van der Waals surface area contributed by atoms with Crippen LogP contribution < -0.4 is 4.74 Å². The van der Waals surface area contributed by atoms with Crippen molar-refractivity contribution in [1.82, 2.24) is 4.90 Å². The van der Waals surface area contributed by atoms with Crippen molar-refractivity contribution < 1.29 is 19.4 Å². The fourth-order valence-corrected chi connectivity index (χ4v) is 3.52. The van der Waals surface area contributed by atoms with Gasteiger partial charge in [-0.05, 0) is 50.4 Å². The number of nitrogens with zero attached hydrogens (tertiary/aromatic N) is 1. The molecule has 152 valence electrons. The first-order valence-corrected chi connectivity index (χ1v) is 10.4. The van der Waals surface area contributed by atoms with Crippen LogP contribution in [0.2, 0.25) is 0 Å². The van der Waals surface area contributed by atoms with Gasteiger partial charge in [0.2, 0.25) is 0 Å². The number of benzene rings is 1. The molecule has 0 aromatic heterocycles. The van der Waals surface area contributed by atoms with Gasteiger partial charge in [-0.2, -0.15) is 0 Å². The number of aromatic hydroxyl groups is 1. The number of carbonyl (C=O) groups excluding carboxylic acids is 1. The Hall–Kier alpha value is -1.75. The van der Waals surface area contributed by atoms with E-state index in [1.54, 1.807) is 6.07 Å². The van der Waals surface area contributed by atoms with Crippen LogP contribution in [0, 0.1) is 5.92 Å². The first-order valence-electron chi connectivity index (χ1n) is 10.4. The third-order valence-electron chi connectivity index (χ3n) is 5.49. The molecule has 2 atom stereocenters. The standard InChI is InChI=1S/C22H35NO4/c1-4-6-14-26-21-15-18(24)10-11-19(21)22(25)27-16-20(17(3)5-2)23-12-8-7-9-13-23/h10-11,15,17,20,24H,4-9,12-14,16H2,1-3H3/t17?,20-/m1/s1. The van der Waals surface area contributed by atoms with Gasteiger partial charge in [0.1, 0.15) is 23.7 Å². The molecule has 1 aromatic rings. The highest BCUT2D eigenvalue weighted by Gasteiger charge is 2.27. The lowest BCUT2D eigenvalue weighted by atomic mass is 9.96. The zero-order chi connectivity index (χ0) is 19.6. The number of hydrogen-bond donors (Lipinski definition) is 1. The van der Waals surface area contributed by atoms with E-state index in [-0.39, 0.29) is 17.8 Å². The summed E-state index contributed by atoms with van der Waals surface area (Å²) >= 11 is 0. The molecule has 5 nitrogen and oxygen atoms in total. The quantitative estimate of drug-likeness (QED) is 0.476. The second-order valence-electron chi connectivity index (χ2n) is 7.53. The molecule has 0 spiro atoms. The summed E-state index contributed by atoms with van der Waals surface area (Å²) in [5.74, 6) is 0.568. The highest BCUT2D eigenvalue weighted by molar-refractivity contribution is 5.92. The molecule has 0 saturated carbocycles. The number of ether oxygens (including phenoxy) is 2. The Labute approximate surface area is 163 Å². The number of unbranched alkanes of at least 4 members (excludes halogenated alkanes) is 1. The van der Waals surface area contributed by atoms with E-state index in [0.29, 0.717) is 30.4 Å². The number of piperidine rings is 1. The lowest BCUT2D eigenvalue weighted by Gasteiger charge is -2.37. The molecular formula is C22H35NO4. The minimum Gasteiger partial charge on any atom is -0.508 e. The second kappa shape index (κ2) is 11.2. The predicted molar refractivity (Wildman–Crippen MR) is 107 cm³/mol. The monoisotopic (exact) mass is 377 g/mol. The van der Waals surface area contributed by atoms with E-state index in [9.17, 15) is 9.90 Å². The van der Waals surface area contributed by atoms with Crippen LogP contribution >= 0.6 is 0 Å². The van der Waals surface area contributed by atoms with Crippen molar-refractivity contribution in [2.24, 2.45) is 5.92 Å². The predicted octanol–water partition coefficient (Wildman–Crippen LogP) is 4.63. The van der Waals surface area contributed by atoms with Crippen molar-refractivity contribution in [3.8, 4) is 11.5 Å². The minimum atomic E-state index is -0.383. The molecule has 0 radical (unpaired) electrons. The number of hydrogen-bond acceptors (Lipinski definition) is 5. The summed E-state index contributed by atoms with van der Waals surface area (Å²) in [5, 5.41) is 9.73. The molecule has 2 rings (SSSR count). The Morgan fingerprint density at radius 3 is 2.63 bits per heavy atom. The van der Waals surface area contributed by atoms with Crippen LogP contribution in [-0.4, -0.2) is 48.3 Å². The third kappa shape index (κ3) is 6.42. The maximum absolute atomic E-state index is 12.7. The van der Waals surface area contributed by atoms with E-state index in [1.165, 1.54) is 31.4 Å². The Morgan fingerprint density at radius 2 is 1.96 bits per heavy atom. The van der Waals surface area contributed by atoms with E-state index >= 15 is 0 Å². The first-order chi connectivity index (χ1) is 13.1. The molecule has 0 amide bonds. The summed E-state index contributed by atoms with van der Waals surface area (Å²) < 4.78 is 11.4. The van der Waals surface area contributed by atoms with Gasteiger partial charge in [0.05, 0.1) is 6.61 Å². The third-order valence-corrected chi connectivity index (χ3v) is 5.49. The van der Waals surface area contributed by atoms with Crippen molar-refractivity contribution in [1.29, 1.82) is 0 Å². The number of phenols is 1. The molecule has 1 unspecified atom stereocenters. The summed E-state index contributed by atoms with van der Waals surface area (Å²) in [4.78, 5) is 15.2. The smallest absolute Gasteiger partial charge is 0.341 e. The molecule has 5 heteroatoms. The molecular weight excluding hydrogens is 342 g/mol. The topological polar surface area (TPSA) is 59.0 Å². The van der Waals surface area contributed by atoms with E-state index in [1.807, 2.05) is 0 Å². The highest BCUT2D eigenvalue weighted by atomic mass is 16.5. The van der Waals surface area contributed by atoms with Gasteiger partial charge in [0.25, 0.3) is 0 Å². The van der Waals surface area contributed by atoms with Crippen LogP contribution in [-0.2, 0) is 4.74 Å². The molecule has 0 bridgehead atoms. The van der Waals surface area contributed by atoms with Crippen molar-refractivity contribution in [2.45, 2.75) is 65.3 Å². The second-order valence-corrected chi connectivity index (χ2v) is 7.53. The average molecular weight is 378 g/mol. The van der Waals surface area contributed by atoms with E-state index in [4.69, 9.17) is 9.47 Å². The summed E-state index contributed by atoms with van der Waals surface area (Å²) in [7, 11) is 0. The van der Waals surface area contributed by atoms with Gasteiger partial charge >= 0.3 is 5.97 Å². The number of likely N-dealkylation sites (tertiary alicyclic amines) is 1. The molecule has 1 heterocycles. The molecule has 1 N–H and O–H groups in total. The van der Waals surface area contributed by atoms with Gasteiger partial charge in [-0.1, -0.05) is 40.0 Å². The van der Waals surface area contributed by atoms with Crippen molar-refractivity contribution in [3.05, 3.63) is 23.8 Å². The van der Waals surface area contributed by atoms with Gasteiger partial charge in [-0.3, -0.25) is 4.90 Å². The van der Waals surface area contributed by atoms with Gasteiger partial charge in [-0.25, -0.2) is 4.79 Å². The largest absolute Gasteiger partial charge is 0.508 e. The summed E-state index contributed by atoms with van der Waals surface area (Å²) in [6, 6.07) is 4.82. The normalized spacial score (nSPS) is 17.3. The molecule has 1 fully saturated rings. The van der Waals surface area contributed by atoms with Gasteiger partial charge in [0, 0.05) is 12.1 Å². The van der Waals surface area contributed by atoms with Crippen LogP contribution in [0.1, 0.15) is 69.7 Å². The van der Waals surface area contributed by atoms with Gasteiger partial charge in [0.15, 0.2) is 0 Å². The molecule has 1 aliphatic heterocycles. The van der Waals surface area contributed by atoms with Crippen LogP contribution in [0.25, 0.3) is 0 Å². The summed E-state index contributed by atoms with van der Waals surface area (Å²) in [6.07, 6.45) is 6.68. The van der Waals surface area contributed by atoms with Crippen LogP contribution in [0.3, 0.4) is 0 Å². The van der Waals surface area contributed by atoms with Crippen LogP contribution in [0.4, 0.5) is 0 Å². The zero-order valence-corrected chi connectivity index (χ0v) is 17.1. The maximum Gasteiger partial charge on any atom is 0.341 e. The fourth-order valence-electron chi connectivity index (χ4n) is 3.52. The zero-order valence-electron chi connectivity index (χ0n) is 17.1. The van der Waals surface area contributed by atoms with E-state index in [0.717, 1.165) is 32.4 Å². The number of esters is 1. The molecule has 1 aliphatic rings. The average Bonchev–Trinajstić information content (AvgIpc) is 2.69. The van der Waals surface area contributed by atoms with Crippen LogP contribution in [0.5, 0.6) is 11.5 Å². The minimum absolute atomic E-state index is 0.0869. The van der Waals surface area contributed by atoms with Crippen molar-refractivity contribution in [3.63, 3.8) is 0 Å². The SMILES string of the molecule is CCCCOc1cc(O)ccc1C(=O)OC[C@H](C(C)CC)N1CCCCC1. The molecule has 0 aliphatic carbocycles. The first kappa shape index (κ1) is 21.5. The Morgan fingerprint density at radius 1 is 1.22 bits per heavy atom. The highest BCUT2D eigenvalue weighted by Crippen LogP contribution is 2.26. The maximum atomic E-state index is 12.7. The lowest BCUT2D eigenvalue weighted by Crippen LogP contribution is -2.46. The van der Waals surface area contributed by atoms with Gasteiger partial charge in [-0.15, -0.1) is 0 Å². The molecule has 27 heavy (non-hydrogen) atoms. The lowest BCUT2D eigenvalue weighted by molar-refractivity contribution is 0.0207. The number of phenolic OH excluding ortho intramolecular Hbond substituents is 1. The Bertz CT molecular complexity index is 584. The van der Waals surface area contributed by atoms with E-state index < -0.39 is 0 Å². The van der Waals surface area contributed by atoms with Gasteiger partial charge < -0.3 is 14.6 Å². The molecule has 1 saturated heterocycles. The Kier molecular flexibility index (Phi) is 8.92. The Balaban J connectivity index is 2.03. The fraction of sp³-hybridized carbons (Fsp3) is 0.682. The van der Waals surface area contributed by atoms with E-state index in [2.05, 4.69) is 25.7 Å². The summed E-state index contributed by atoms with van der Waals surface area (Å²) in [6.45, 7) is 9.56. The van der Waals surface area contributed by atoms with Crippen molar-refractivity contribution >= 4 is 5.97 Å². The van der Waals surface area contributed by atoms with Crippen LogP contribution in [0.15, 0.2) is 18.2 Å². The number of rotatable bonds is 10. The van der Waals surface area contributed by atoms with Crippen molar-refractivity contribution in [2.75, 3.05) is 26.3 Å². The molecule has 1 aromatic carbocycles. The number of carbonyl (C=O) groups is 1. The summed E-state index contributed by atoms with van der Waals surface area (Å²) in [5.41, 5.74) is 0.380.